The average Bonchev–Trinajstić information content (AvgIpc) is 3.44. The number of morpholine rings is 1. The van der Waals surface area contributed by atoms with Gasteiger partial charge in [-0.15, -0.1) is 0 Å². The van der Waals surface area contributed by atoms with E-state index in [0.717, 1.165) is 5.82 Å². The molecule has 0 aliphatic carbocycles. The van der Waals surface area contributed by atoms with Crippen molar-refractivity contribution < 1.29 is 14.6 Å². The monoisotopic (exact) mass is 439 g/mol. The molecule has 0 saturated carbocycles. The molecule has 0 aromatic carbocycles. The Morgan fingerprint density at radius 3 is 2.66 bits per heavy atom. The standard InChI is InChI=1S/C20H25N9O3/c21-20-22-9-13(10-23-20)17-25-18(27-5-7-32-8-6-27)16-19(26-17)29(12-24-16)4-2-15(31)28-3-1-14(30)11-28/h9-10,12,14,30H,1-8,11H2,(H2,21,22,23)/t14-/m0/s1. The molecular weight excluding hydrogens is 414 g/mol. The van der Waals surface area contributed by atoms with Gasteiger partial charge in [0.15, 0.2) is 22.8 Å². The van der Waals surface area contributed by atoms with Crippen LogP contribution in [0, 0.1) is 0 Å². The predicted molar refractivity (Wildman–Crippen MR) is 116 cm³/mol. The number of aliphatic hydroxyl groups is 1. The van der Waals surface area contributed by atoms with E-state index in [1.807, 2.05) is 4.57 Å². The zero-order valence-electron chi connectivity index (χ0n) is 17.6. The van der Waals surface area contributed by atoms with Crippen molar-refractivity contribution in [3.8, 4) is 11.4 Å². The lowest BCUT2D eigenvalue weighted by molar-refractivity contribution is -0.130. The zero-order chi connectivity index (χ0) is 22.1. The minimum atomic E-state index is -0.429. The molecule has 12 nitrogen and oxygen atoms in total. The van der Waals surface area contributed by atoms with Crippen molar-refractivity contribution in [2.45, 2.75) is 25.5 Å². The number of hydrogen-bond acceptors (Lipinski definition) is 10. The summed E-state index contributed by atoms with van der Waals surface area (Å²) >= 11 is 0. The lowest BCUT2D eigenvalue weighted by Crippen LogP contribution is -2.37. The number of aliphatic hydroxyl groups excluding tert-OH is 1. The van der Waals surface area contributed by atoms with Gasteiger partial charge < -0.3 is 29.9 Å². The average molecular weight is 439 g/mol. The Hall–Kier alpha value is -3.38. The molecule has 0 radical (unpaired) electrons. The zero-order valence-corrected chi connectivity index (χ0v) is 17.6. The van der Waals surface area contributed by atoms with Gasteiger partial charge in [-0.2, -0.15) is 0 Å². The highest BCUT2D eigenvalue weighted by atomic mass is 16.5. The van der Waals surface area contributed by atoms with E-state index in [1.165, 1.54) is 0 Å². The number of nitrogens with two attached hydrogens (primary N) is 1. The molecule has 3 N–H and O–H groups in total. The summed E-state index contributed by atoms with van der Waals surface area (Å²) in [5, 5.41) is 9.69. The van der Waals surface area contributed by atoms with Gasteiger partial charge in [-0.05, 0) is 6.42 Å². The van der Waals surface area contributed by atoms with Gasteiger partial charge in [0.2, 0.25) is 11.9 Å². The van der Waals surface area contributed by atoms with Crippen LogP contribution in [0.1, 0.15) is 12.8 Å². The number of nitrogens with zero attached hydrogens (tertiary/aromatic N) is 8. The van der Waals surface area contributed by atoms with Crippen LogP contribution in [-0.4, -0.2) is 90.9 Å². The molecule has 3 aromatic heterocycles. The lowest BCUT2D eigenvalue weighted by Gasteiger charge is -2.28. The largest absolute Gasteiger partial charge is 0.391 e. The maximum Gasteiger partial charge on any atom is 0.224 e. The van der Waals surface area contributed by atoms with E-state index in [-0.39, 0.29) is 11.9 Å². The summed E-state index contributed by atoms with van der Waals surface area (Å²) in [7, 11) is 0. The van der Waals surface area contributed by atoms with Crippen LogP contribution in [0.4, 0.5) is 11.8 Å². The lowest BCUT2D eigenvalue weighted by atomic mass is 10.3. The maximum atomic E-state index is 12.6. The molecule has 2 saturated heterocycles. The fraction of sp³-hybridized carbons (Fsp3) is 0.500. The van der Waals surface area contributed by atoms with Gasteiger partial charge in [0.05, 0.1) is 31.2 Å². The van der Waals surface area contributed by atoms with Crippen LogP contribution in [0.25, 0.3) is 22.6 Å². The van der Waals surface area contributed by atoms with Gasteiger partial charge in [0.1, 0.15) is 0 Å². The van der Waals surface area contributed by atoms with Crippen LogP contribution in [-0.2, 0) is 16.1 Å². The molecule has 3 aromatic rings. The van der Waals surface area contributed by atoms with E-state index < -0.39 is 6.10 Å². The Morgan fingerprint density at radius 2 is 1.94 bits per heavy atom. The molecule has 168 valence electrons. The van der Waals surface area contributed by atoms with Gasteiger partial charge in [0, 0.05) is 51.5 Å². The molecule has 0 unspecified atom stereocenters. The fourth-order valence-corrected chi connectivity index (χ4v) is 4.01. The van der Waals surface area contributed by atoms with Crippen molar-refractivity contribution in [1.29, 1.82) is 0 Å². The first kappa shape index (κ1) is 20.5. The summed E-state index contributed by atoms with van der Waals surface area (Å²) in [6, 6.07) is 0. The summed E-state index contributed by atoms with van der Waals surface area (Å²) < 4.78 is 7.35. The molecule has 1 atom stereocenters. The molecule has 0 bridgehead atoms. The SMILES string of the molecule is Nc1ncc(-c2nc(N3CCOCC3)c3ncn(CCC(=O)N4CC[C@H](O)C4)c3n2)cn1. The second kappa shape index (κ2) is 8.63. The summed E-state index contributed by atoms with van der Waals surface area (Å²) in [5.74, 6) is 1.38. The molecule has 0 spiro atoms. The summed E-state index contributed by atoms with van der Waals surface area (Å²) in [6.45, 7) is 4.05. The Morgan fingerprint density at radius 1 is 1.16 bits per heavy atom. The van der Waals surface area contributed by atoms with E-state index in [4.69, 9.17) is 20.4 Å². The molecule has 5 heterocycles. The normalized spacial score (nSPS) is 19.1. The van der Waals surface area contributed by atoms with Crippen LogP contribution in [0.2, 0.25) is 0 Å². The van der Waals surface area contributed by atoms with Crippen molar-refractivity contribution >= 4 is 28.8 Å². The van der Waals surface area contributed by atoms with Crippen molar-refractivity contribution in [3.63, 3.8) is 0 Å². The minimum Gasteiger partial charge on any atom is -0.391 e. The number of aromatic nitrogens is 6. The first-order valence-corrected chi connectivity index (χ1v) is 10.7. The first-order chi connectivity index (χ1) is 15.6. The van der Waals surface area contributed by atoms with Gasteiger partial charge >= 0.3 is 0 Å². The van der Waals surface area contributed by atoms with E-state index in [2.05, 4.69) is 19.9 Å². The number of nitrogen functional groups attached to an aromatic ring is 1. The predicted octanol–water partition coefficient (Wildman–Crippen LogP) is -0.315. The van der Waals surface area contributed by atoms with Gasteiger partial charge in [0.25, 0.3) is 0 Å². The number of hydrogen-bond donors (Lipinski definition) is 2. The third kappa shape index (κ3) is 4.06. The first-order valence-electron chi connectivity index (χ1n) is 10.7. The third-order valence-corrected chi connectivity index (χ3v) is 5.77. The van der Waals surface area contributed by atoms with Crippen LogP contribution in [0.5, 0.6) is 0 Å². The van der Waals surface area contributed by atoms with Gasteiger partial charge in [-0.1, -0.05) is 0 Å². The quantitative estimate of drug-likeness (QED) is 0.542. The number of β-amino-alcohol motifs (C(OH)–C–C–N with tert-alkyl or cyclic N) is 1. The number of carbonyl (C=O) groups excluding carboxylic acids is 1. The smallest absolute Gasteiger partial charge is 0.224 e. The number of aryl methyl sites for hydroxylation is 1. The second-order valence-corrected chi connectivity index (χ2v) is 7.94. The fourth-order valence-electron chi connectivity index (χ4n) is 4.01. The Bertz CT molecular complexity index is 1110. The number of rotatable bonds is 5. The highest BCUT2D eigenvalue weighted by molar-refractivity contribution is 5.86. The maximum absolute atomic E-state index is 12.6. The molecule has 2 aliphatic rings. The highest BCUT2D eigenvalue weighted by Gasteiger charge is 2.25. The third-order valence-electron chi connectivity index (χ3n) is 5.77. The van der Waals surface area contributed by atoms with Gasteiger partial charge in [-0.3, -0.25) is 4.79 Å². The number of fused-ring (bicyclic) bond motifs is 1. The molecule has 32 heavy (non-hydrogen) atoms. The summed E-state index contributed by atoms with van der Waals surface area (Å²) in [6.07, 6.45) is 5.38. The summed E-state index contributed by atoms with van der Waals surface area (Å²) in [5.41, 5.74) is 7.59. The molecule has 5 rings (SSSR count). The van der Waals surface area contributed by atoms with Crippen LogP contribution < -0.4 is 10.6 Å². The number of likely N-dealkylation sites (tertiary alicyclic amines) is 1. The number of carbonyl (C=O) groups is 1. The number of imidazole rings is 1. The van der Waals surface area contributed by atoms with E-state index >= 15 is 0 Å². The van der Waals surface area contributed by atoms with Crippen LogP contribution in [0.15, 0.2) is 18.7 Å². The highest BCUT2D eigenvalue weighted by Crippen LogP contribution is 2.27. The van der Waals surface area contributed by atoms with E-state index in [0.29, 0.717) is 81.3 Å². The van der Waals surface area contributed by atoms with E-state index in [1.54, 1.807) is 23.6 Å². The molecular formula is C20H25N9O3. The van der Waals surface area contributed by atoms with Crippen LogP contribution in [0.3, 0.4) is 0 Å². The van der Waals surface area contributed by atoms with Crippen LogP contribution >= 0.6 is 0 Å². The van der Waals surface area contributed by atoms with Crippen molar-refractivity contribution in [3.05, 3.63) is 18.7 Å². The number of amides is 1. The Labute approximate surface area is 184 Å². The molecule has 12 heteroatoms. The minimum absolute atomic E-state index is 0.0121. The Balaban J connectivity index is 1.48. The summed E-state index contributed by atoms with van der Waals surface area (Å²) in [4.78, 5) is 38.6. The second-order valence-electron chi connectivity index (χ2n) is 7.94. The number of ether oxygens (including phenoxy) is 1. The van der Waals surface area contributed by atoms with Gasteiger partial charge in [-0.25, -0.2) is 24.9 Å². The van der Waals surface area contributed by atoms with Crippen molar-refractivity contribution in [2.75, 3.05) is 50.0 Å². The molecule has 2 fully saturated rings. The molecule has 2 aliphatic heterocycles. The van der Waals surface area contributed by atoms with Crippen molar-refractivity contribution in [1.82, 2.24) is 34.4 Å². The Kier molecular flexibility index (Phi) is 5.53. The molecule has 1 amide bonds. The van der Waals surface area contributed by atoms with Crippen molar-refractivity contribution in [2.24, 2.45) is 0 Å². The van der Waals surface area contributed by atoms with E-state index in [9.17, 15) is 9.90 Å². The number of anilines is 2. The topological polar surface area (TPSA) is 148 Å².